The molecular weight excluding hydrogens is 406 g/mol. The van der Waals surface area contributed by atoms with Crippen LogP contribution in [0.25, 0.3) is 0 Å². The molecule has 0 radical (unpaired) electrons. The zero-order valence-electron chi connectivity index (χ0n) is 18.7. The molecule has 2 amide bonds. The van der Waals surface area contributed by atoms with Crippen LogP contribution in [0, 0.1) is 0 Å². The van der Waals surface area contributed by atoms with Gasteiger partial charge in [-0.05, 0) is 44.1 Å². The van der Waals surface area contributed by atoms with Gasteiger partial charge in [-0.2, -0.15) is 0 Å². The van der Waals surface area contributed by atoms with Crippen LogP contribution in [0.4, 0.5) is 4.79 Å². The third-order valence-corrected chi connectivity index (χ3v) is 10.3. The van der Waals surface area contributed by atoms with Crippen LogP contribution < -0.4 is 0 Å². The number of likely N-dealkylation sites (tertiary alicyclic amines) is 1. The zero-order valence-corrected chi connectivity index (χ0v) is 19.7. The Hall–Kier alpha value is -1.68. The van der Waals surface area contributed by atoms with E-state index in [0.29, 0.717) is 19.0 Å². The molecule has 0 unspecified atom stereocenters. The van der Waals surface area contributed by atoms with Crippen LogP contribution in [0.5, 0.6) is 0 Å². The molecule has 0 spiro atoms. The van der Waals surface area contributed by atoms with Gasteiger partial charge in [-0.3, -0.25) is 4.79 Å². The second-order valence-electron chi connectivity index (χ2n) is 7.28. The number of amides is 2. The monoisotopic (exact) mass is 441 g/mol. The normalized spacial score (nSPS) is 19.3. The predicted molar refractivity (Wildman–Crippen MR) is 114 cm³/mol. The Morgan fingerprint density at radius 3 is 2.17 bits per heavy atom. The smallest absolute Gasteiger partial charge is 0.417 e. The molecule has 170 valence electrons. The number of hydrogen-bond donors (Lipinski definition) is 0. The van der Waals surface area contributed by atoms with E-state index < -0.39 is 32.7 Å². The van der Waals surface area contributed by atoms with E-state index >= 15 is 0 Å². The van der Waals surface area contributed by atoms with Crippen LogP contribution >= 0.6 is 0 Å². The number of furan rings is 1. The highest BCUT2D eigenvalue weighted by Gasteiger charge is 2.57. The van der Waals surface area contributed by atoms with Crippen molar-refractivity contribution >= 4 is 20.3 Å². The first-order valence-corrected chi connectivity index (χ1v) is 13.4. The SMILES string of the molecule is CCOCC(COCC)OC(=O)N1C(=O)[C@H](O[Si](CC)(CC)CC)[C@@H]1c1ccco1. The van der Waals surface area contributed by atoms with Gasteiger partial charge in [0.25, 0.3) is 5.91 Å². The molecule has 0 bridgehead atoms. The minimum Gasteiger partial charge on any atom is -0.467 e. The fourth-order valence-electron chi connectivity index (χ4n) is 3.60. The van der Waals surface area contributed by atoms with Gasteiger partial charge >= 0.3 is 6.09 Å². The van der Waals surface area contributed by atoms with Gasteiger partial charge in [0.05, 0.1) is 19.5 Å². The van der Waals surface area contributed by atoms with Crippen molar-refractivity contribution in [3.05, 3.63) is 24.2 Å². The summed E-state index contributed by atoms with van der Waals surface area (Å²) in [4.78, 5) is 26.9. The summed E-state index contributed by atoms with van der Waals surface area (Å²) in [6.45, 7) is 11.4. The third-order valence-electron chi connectivity index (χ3n) is 5.67. The van der Waals surface area contributed by atoms with E-state index in [1.54, 1.807) is 12.1 Å². The molecule has 0 saturated carbocycles. The van der Waals surface area contributed by atoms with Crippen LogP contribution in [-0.4, -0.2) is 63.9 Å². The fourth-order valence-corrected chi connectivity index (χ4v) is 6.37. The predicted octanol–water partition coefficient (Wildman–Crippen LogP) is 4.13. The topological polar surface area (TPSA) is 87.4 Å². The average Bonchev–Trinajstić information content (AvgIpc) is 3.28. The molecule has 1 aliphatic heterocycles. The van der Waals surface area contributed by atoms with Gasteiger partial charge in [0.2, 0.25) is 0 Å². The largest absolute Gasteiger partial charge is 0.467 e. The van der Waals surface area contributed by atoms with Gasteiger partial charge in [0.1, 0.15) is 11.8 Å². The minimum atomic E-state index is -2.06. The molecule has 1 aromatic rings. The molecular formula is C21H35NO7Si. The molecule has 0 aromatic carbocycles. The van der Waals surface area contributed by atoms with Gasteiger partial charge in [0.15, 0.2) is 20.5 Å². The summed E-state index contributed by atoms with van der Waals surface area (Å²) in [6.07, 6.45) is -0.539. The van der Waals surface area contributed by atoms with Gasteiger partial charge in [0, 0.05) is 13.2 Å². The minimum absolute atomic E-state index is 0.202. The first-order valence-electron chi connectivity index (χ1n) is 10.9. The molecule has 9 heteroatoms. The summed E-state index contributed by atoms with van der Waals surface area (Å²) in [5.74, 6) is 0.120. The Kier molecular flexibility index (Phi) is 9.54. The van der Waals surface area contributed by atoms with Gasteiger partial charge < -0.3 is 23.1 Å². The van der Waals surface area contributed by atoms with Gasteiger partial charge in [-0.15, -0.1) is 0 Å². The maximum atomic E-state index is 13.0. The van der Waals surface area contributed by atoms with Crippen LogP contribution in [-0.2, 0) is 23.4 Å². The number of nitrogens with zero attached hydrogens (tertiary/aromatic N) is 1. The van der Waals surface area contributed by atoms with Crippen molar-refractivity contribution < 1.29 is 32.6 Å². The van der Waals surface area contributed by atoms with Crippen molar-refractivity contribution in [2.75, 3.05) is 26.4 Å². The quantitative estimate of drug-likeness (QED) is 0.336. The van der Waals surface area contributed by atoms with E-state index in [9.17, 15) is 9.59 Å². The first-order chi connectivity index (χ1) is 14.5. The van der Waals surface area contributed by atoms with E-state index in [0.717, 1.165) is 23.0 Å². The van der Waals surface area contributed by atoms with E-state index in [-0.39, 0.29) is 19.1 Å². The van der Waals surface area contributed by atoms with Crippen molar-refractivity contribution in [3.8, 4) is 0 Å². The maximum Gasteiger partial charge on any atom is 0.417 e. The lowest BCUT2D eigenvalue weighted by Crippen LogP contribution is -2.65. The molecule has 1 aliphatic rings. The Labute approximate surface area is 179 Å². The molecule has 8 nitrogen and oxygen atoms in total. The molecule has 1 fully saturated rings. The van der Waals surface area contributed by atoms with E-state index in [1.807, 2.05) is 13.8 Å². The lowest BCUT2D eigenvalue weighted by Gasteiger charge is -2.47. The van der Waals surface area contributed by atoms with Crippen LogP contribution in [0.15, 0.2) is 22.8 Å². The highest BCUT2D eigenvalue weighted by molar-refractivity contribution is 6.73. The lowest BCUT2D eigenvalue weighted by molar-refractivity contribution is -0.164. The summed E-state index contributed by atoms with van der Waals surface area (Å²) in [5, 5.41) is 0. The van der Waals surface area contributed by atoms with Crippen molar-refractivity contribution in [1.29, 1.82) is 0 Å². The average molecular weight is 442 g/mol. The maximum absolute atomic E-state index is 13.0. The number of hydrogen-bond acceptors (Lipinski definition) is 7. The summed E-state index contributed by atoms with van der Waals surface area (Å²) in [6, 6.07) is 5.57. The van der Waals surface area contributed by atoms with E-state index in [2.05, 4.69) is 20.8 Å². The second-order valence-corrected chi connectivity index (χ2v) is 12.0. The standard InChI is InChI=1S/C21H35NO7Si/c1-6-25-14-16(15-26-7-2)28-21(24)22-18(17-12-11-13-27-17)19(20(22)23)29-30(8-3,9-4)10-5/h11-13,16,18-19H,6-10,14-15H2,1-5H3/t18-,19+/m0/s1. The Bertz CT molecular complexity index is 646. The highest BCUT2D eigenvalue weighted by atomic mass is 28.4. The summed E-state index contributed by atoms with van der Waals surface area (Å²) >= 11 is 0. The van der Waals surface area contributed by atoms with Crippen LogP contribution in [0.2, 0.25) is 18.1 Å². The second kappa shape index (κ2) is 11.6. The zero-order chi connectivity index (χ0) is 22.1. The Morgan fingerprint density at radius 2 is 1.70 bits per heavy atom. The molecule has 1 aromatic heterocycles. The molecule has 2 rings (SSSR count). The molecule has 2 atom stereocenters. The Morgan fingerprint density at radius 1 is 1.10 bits per heavy atom. The van der Waals surface area contributed by atoms with Crippen molar-refractivity contribution in [3.63, 3.8) is 0 Å². The number of imide groups is 1. The fraction of sp³-hybridized carbons (Fsp3) is 0.714. The number of ether oxygens (including phenoxy) is 3. The van der Waals surface area contributed by atoms with E-state index in [1.165, 1.54) is 6.26 Å². The summed E-state index contributed by atoms with van der Waals surface area (Å²) in [5.41, 5.74) is 0. The van der Waals surface area contributed by atoms with Crippen LogP contribution in [0.3, 0.4) is 0 Å². The molecule has 30 heavy (non-hydrogen) atoms. The summed E-state index contributed by atoms with van der Waals surface area (Å²) in [7, 11) is -2.06. The van der Waals surface area contributed by atoms with Gasteiger partial charge in [-0.1, -0.05) is 20.8 Å². The summed E-state index contributed by atoms with van der Waals surface area (Å²) < 4.78 is 28.3. The van der Waals surface area contributed by atoms with Crippen LogP contribution in [0.1, 0.15) is 46.4 Å². The first kappa shape index (κ1) is 24.6. The number of rotatable bonds is 13. The number of carbonyl (C=O) groups is 2. The van der Waals surface area contributed by atoms with Gasteiger partial charge in [-0.25, -0.2) is 9.69 Å². The number of carbonyl (C=O) groups excluding carboxylic acids is 2. The van der Waals surface area contributed by atoms with Crippen molar-refractivity contribution in [2.45, 2.75) is 71.0 Å². The Balaban J connectivity index is 2.17. The number of β-lactam (4-membered cyclic amide) rings is 1. The molecule has 0 N–H and O–H groups in total. The third kappa shape index (κ3) is 5.51. The van der Waals surface area contributed by atoms with E-state index in [4.69, 9.17) is 23.1 Å². The molecule has 2 heterocycles. The molecule has 0 aliphatic carbocycles. The highest BCUT2D eigenvalue weighted by Crippen LogP contribution is 2.41. The van der Waals surface area contributed by atoms with Crippen molar-refractivity contribution in [2.24, 2.45) is 0 Å². The lowest BCUT2D eigenvalue weighted by atomic mass is 9.96. The van der Waals surface area contributed by atoms with Crippen molar-refractivity contribution in [1.82, 2.24) is 4.90 Å². The molecule has 1 saturated heterocycles.